The highest BCUT2D eigenvalue weighted by Gasteiger charge is 2.23. The van der Waals surface area contributed by atoms with Crippen molar-refractivity contribution in [1.29, 1.82) is 0 Å². The van der Waals surface area contributed by atoms with Crippen molar-refractivity contribution in [1.82, 2.24) is 0 Å². The van der Waals surface area contributed by atoms with Gasteiger partial charge in [0.05, 0.1) is 5.41 Å². The average molecular weight is 274 g/mol. The zero-order valence-corrected chi connectivity index (χ0v) is 12.8. The molecule has 0 bridgehead atoms. The van der Waals surface area contributed by atoms with Crippen molar-refractivity contribution in [2.75, 3.05) is 6.79 Å². The molecule has 4 nitrogen and oxygen atoms in total. The average Bonchev–Trinajstić information content (AvgIpc) is 2.25. The highest BCUT2D eigenvalue weighted by molar-refractivity contribution is 7.84. The van der Waals surface area contributed by atoms with Crippen LogP contribution < -0.4 is 0 Å². The molecular weight excluding hydrogens is 252 g/mol. The predicted molar refractivity (Wildman–Crippen MR) is 73.0 cm³/mol. The van der Waals surface area contributed by atoms with Gasteiger partial charge in [0, 0.05) is 5.57 Å². The lowest BCUT2D eigenvalue weighted by Gasteiger charge is -2.16. The molecule has 0 fully saturated rings. The molecule has 104 valence electrons. The minimum Gasteiger partial charge on any atom is -0.427 e. The fraction of sp³-hybridized carbons (Fsp3) is 0.692. The van der Waals surface area contributed by atoms with E-state index < -0.39 is 17.4 Å². The van der Waals surface area contributed by atoms with Gasteiger partial charge < -0.3 is 9.47 Å². The van der Waals surface area contributed by atoms with Crippen LogP contribution in [0.4, 0.5) is 0 Å². The molecule has 0 unspecified atom stereocenters. The van der Waals surface area contributed by atoms with Crippen LogP contribution in [0, 0.1) is 11.3 Å². The van der Waals surface area contributed by atoms with Gasteiger partial charge in [-0.25, -0.2) is 4.79 Å². The highest BCUT2D eigenvalue weighted by Crippen LogP contribution is 2.19. The Kier molecular flexibility index (Phi) is 6.46. The molecule has 0 amide bonds. The minimum absolute atomic E-state index is 0.151. The minimum atomic E-state index is -0.607. The Bertz CT molecular complexity index is 350. The maximum Gasteiger partial charge on any atom is 0.337 e. The number of esters is 2. The lowest BCUT2D eigenvalue weighted by atomic mass is 9.98. The zero-order valence-electron chi connectivity index (χ0n) is 11.9. The van der Waals surface area contributed by atoms with Gasteiger partial charge in [-0.05, 0) is 38.5 Å². The molecule has 0 aromatic carbocycles. The number of carbonyl (C=O) groups excluding carboxylic acids is 2. The first kappa shape index (κ1) is 17.0. The summed E-state index contributed by atoms with van der Waals surface area (Å²) in [7, 11) is 0. The smallest absolute Gasteiger partial charge is 0.337 e. The van der Waals surface area contributed by atoms with E-state index in [-0.39, 0.29) is 12.7 Å². The van der Waals surface area contributed by atoms with Crippen molar-refractivity contribution in [2.24, 2.45) is 11.3 Å². The third-order valence-corrected chi connectivity index (χ3v) is 3.08. The van der Waals surface area contributed by atoms with Crippen molar-refractivity contribution in [3.63, 3.8) is 0 Å². The molecule has 0 aliphatic heterocycles. The van der Waals surface area contributed by atoms with Crippen LogP contribution in [0.1, 0.15) is 41.5 Å². The molecule has 18 heavy (non-hydrogen) atoms. The van der Waals surface area contributed by atoms with E-state index in [4.69, 9.17) is 9.47 Å². The van der Waals surface area contributed by atoms with Crippen LogP contribution >= 0.6 is 12.6 Å². The van der Waals surface area contributed by atoms with Gasteiger partial charge in [0.15, 0.2) is 0 Å². The number of allylic oxidation sites excluding steroid dienone is 1. The van der Waals surface area contributed by atoms with Gasteiger partial charge >= 0.3 is 11.9 Å². The van der Waals surface area contributed by atoms with Crippen molar-refractivity contribution in [3.8, 4) is 0 Å². The number of thiol groups is 1. The highest BCUT2D eigenvalue weighted by atomic mass is 32.1. The fourth-order valence-electron chi connectivity index (χ4n) is 0.999. The topological polar surface area (TPSA) is 52.6 Å². The summed E-state index contributed by atoms with van der Waals surface area (Å²) in [5, 5.41) is 0. The molecule has 5 heteroatoms. The maximum atomic E-state index is 11.6. The second-order valence-electron chi connectivity index (χ2n) is 5.40. The number of ether oxygens (including phenoxy) is 2. The fourth-order valence-corrected chi connectivity index (χ4v) is 1.09. The van der Waals surface area contributed by atoms with Crippen molar-refractivity contribution >= 4 is 24.6 Å². The Labute approximate surface area is 114 Å². The first-order valence-corrected chi connectivity index (χ1v) is 6.26. The van der Waals surface area contributed by atoms with E-state index >= 15 is 0 Å². The lowest BCUT2D eigenvalue weighted by molar-refractivity contribution is -0.171. The molecule has 0 spiro atoms. The SMILES string of the molecule is C/C(C(=O)OCOC(=O)C(C)(C)C)=C(/S)C(C)C. The van der Waals surface area contributed by atoms with Crippen LogP contribution in [-0.4, -0.2) is 18.7 Å². The largest absolute Gasteiger partial charge is 0.427 e. The lowest BCUT2D eigenvalue weighted by Crippen LogP contribution is -2.25. The molecule has 0 heterocycles. The van der Waals surface area contributed by atoms with Crippen LogP contribution in [0.25, 0.3) is 0 Å². The summed E-state index contributed by atoms with van der Waals surface area (Å²) < 4.78 is 9.69. The van der Waals surface area contributed by atoms with Crippen LogP contribution in [0.5, 0.6) is 0 Å². The summed E-state index contributed by atoms with van der Waals surface area (Å²) in [5.74, 6) is -0.777. The second-order valence-corrected chi connectivity index (χ2v) is 5.88. The normalized spacial score (nSPS) is 13.1. The van der Waals surface area contributed by atoms with E-state index in [1.165, 1.54) is 0 Å². The molecular formula is C13H22O4S. The molecule has 0 aliphatic carbocycles. The van der Waals surface area contributed by atoms with E-state index in [9.17, 15) is 9.59 Å². The van der Waals surface area contributed by atoms with Gasteiger partial charge in [0.2, 0.25) is 6.79 Å². The summed E-state index contributed by atoms with van der Waals surface area (Å²) in [6.07, 6.45) is 0. The van der Waals surface area contributed by atoms with E-state index in [0.29, 0.717) is 10.5 Å². The summed E-state index contributed by atoms with van der Waals surface area (Å²) in [5.41, 5.74) is -0.177. The Morgan fingerprint density at radius 3 is 2.06 bits per heavy atom. The maximum absolute atomic E-state index is 11.6. The first-order chi connectivity index (χ1) is 8.07. The van der Waals surface area contributed by atoms with Crippen molar-refractivity contribution in [3.05, 3.63) is 10.5 Å². The number of hydrogen-bond acceptors (Lipinski definition) is 5. The van der Waals surface area contributed by atoms with E-state index in [1.807, 2.05) is 13.8 Å². The standard InChI is InChI=1S/C13H22O4S/c1-8(2)10(18)9(3)11(14)16-7-17-12(15)13(4,5)6/h8,18H,7H2,1-6H3/b10-9-. The third-order valence-electron chi connectivity index (χ3n) is 2.23. The Hall–Kier alpha value is -0.970. The molecule has 0 aromatic heterocycles. The summed E-state index contributed by atoms with van der Waals surface area (Å²) >= 11 is 4.24. The molecule has 0 atom stereocenters. The van der Waals surface area contributed by atoms with Crippen LogP contribution in [0.15, 0.2) is 10.5 Å². The molecule has 0 N–H and O–H groups in total. The van der Waals surface area contributed by atoms with Gasteiger partial charge in [-0.15, -0.1) is 12.6 Å². The zero-order chi connectivity index (χ0) is 14.5. The van der Waals surface area contributed by atoms with E-state index in [0.717, 1.165) is 0 Å². The van der Waals surface area contributed by atoms with Crippen LogP contribution in [-0.2, 0) is 19.1 Å². The monoisotopic (exact) mass is 274 g/mol. The van der Waals surface area contributed by atoms with Crippen molar-refractivity contribution < 1.29 is 19.1 Å². The second kappa shape index (κ2) is 6.83. The van der Waals surface area contributed by atoms with Crippen LogP contribution in [0.2, 0.25) is 0 Å². The van der Waals surface area contributed by atoms with E-state index in [1.54, 1.807) is 27.7 Å². The summed E-state index contributed by atoms with van der Waals surface area (Å²) in [4.78, 5) is 23.7. The molecule has 0 aromatic rings. The Balaban J connectivity index is 4.30. The van der Waals surface area contributed by atoms with Gasteiger partial charge in [0.1, 0.15) is 0 Å². The predicted octanol–water partition coefficient (Wildman–Crippen LogP) is 2.94. The number of carbonyl (C=O) groups is 2. The molecule has 0 aliphatic rings. The van der Waals surface area contributed by atoms with Gasteiger partial charge in [0.25, 0.3) is 0 Å². The third kappa shape index (κ3) is 5.58. The summed E-state index contributed by atoms with van der Waals surface area (Å²) in [6.45, 7) is 10.3. The van der Waals surface area contributed by atoms with Crippen LogP contribution in [0.3, 0.4) is 0 Å². The number of rotatable bonds is 4. The van der Waals surface area contributed by atoms with Gasteiger partial charge in [-0.2, -0.15) is 0 Å². The molecule has 0 radical (unpaired) electrons. The molecule has 0 saturated carbocycles. The summed E-state index contributed by atoms with van der Waals surface area (Å²) in [6, 6.07) is 0. The molecule has 0 rings (SSSR count). The van der Waals surface area contributed by atoms with Gasteiger partial charge in [-0.1, -0.05) is 13.8 Å². The quantitative estimate of drug-likeness (QED) is 0.371. The van der Waals surface area contributed by atoms with Crippen molar-refractivity contribution in [2.45, 2.75) is 41.5 Å². The van der Waals surface area contributed by atoms with Gasteiger partial charge in [-0.3, -0.25) is 4.79 Å². The first-order valence-electron chi connectivity index (χ1n) is 5.81. The Morgan fingerprint density at radius 2 is 1.67 bits per heavy atom. The van der Waals surface area contributed by atoms with E-state index in [2.05, 4.69) is 12.6 Å². The Morgan fingerprint density at radius 1 is 1.17 bits per heavy atom. The number of hydrogen-bond donors (Lipinski definition) is 1. The molecule has 0 saturated heterocycles.